The number of hydrogen-bond donors (Lipinski definition) is 0. The predicted octanol–water partition coefficient (Wildman–Crippen LogP) is 5.46. The Bertz CT molecular complexity index is 1200. The Morgan fingerprint density at radius 2 is 1.89 bits per heavy atom. The van der Waals surface area contributed by atoms with Crippen molar-refractivity contribution in [2.24, 2.45) is 0 Å². The van der Waals surface area contributed by atoms with Crippen LogP contribution in [0.15, 0.2) is 41.3 Å². The van der Waals surface area contributed by atoms with Gasteiger partial charge < -0.3 is 14.4 Å². The molecular formula is C26H26FIN2O5S. The summed E-state index contributed by atoms with van der Waals surface area (Å²) in [6, 6.07) is 9.91. The van der Waals surface area contributed by atoms with E-state index < -0.39 is 11.1 Å². The van der Waals surface area contributed by atoms with Gasteiger partial charge in [0.05, 0.1) is 15.1 Å². The number of likely N-dealkylation sites (tertiary alicyclic amines) is 1. The smallest absolute Gasteiger partial charge is 0.294 e. The van der Waals surface area contributed by atoms with Crippen molar-refractivity contribution >= 4 is 57.5 Å². The first-order valence-corrected chi connectivity index (χ1v) is 13.6. The first kappa shape index (κ1) is 26.5. The van der Waals surface area contributed by atoms with Crippen molar-refractivity contribution in [2.45, 2.75) is 32.8 Å². The van der Waals surface area contributed by atoms with Gasteiger partial charge in [-0.25, -0.2) is 4.39 Å². The minimum Gasteiger partial charge on any atom is -0.490 e. The summed E-state index contributed by atoms with van der Waals surface area (Å²) < 4.78 is 26.4. The molecule has 10 heteroatoms. The average Bonchev–Trinajstić information content (AvgIpc) is 3.12. The molecule has 2 aliphatic rings. The van der Waals surface area contributed by atoms with Crippen LogP contribution in [-0.4, -0.2) is 53.1 Å². The lowest BCUT2D eigenvalue weighted by atomic mass is 10.1. The van der Waals surface area contributed by atoms with Crippen LogP contribution in [0.5, 0.6) is 11.5 Å². The average molecular weight is 624 g/mol. The van der Waals surface area contributed by atoms with Crippen molar-refractivity contribution in [1.29, 1.82) is 0 Å². The number of imide groups is 1. The van der Waals surface area contributed by atoms with E-state index in [-0.39, 0.29) is 29.8 Å². The second kappa shape index (κ2) is 12.1. The van der Waals surface area contributed by atoms with Crippen LogP contribution in [0.25, 0.3) is 6.08 Å². The van der Waals surface area contributed by atoms with E-state index in [0.29, 0.717) is 45.9 Å². The fraction of sp³-hybridized carbons (Fsp3) is 0.346. The summed E-state index contributed by atoms with van der Waals surface area (Å²) >= 11 is 2.91. The molecule has 0 aliphatic carbocycles. The van der Waals surface area contributed by atoms with Gasteiger partial charge in [0.15, 0.2) is 11.5 Å². The summed E-state index contributed by atoms with van der Waals surface area (Å²) in [5, 5.41) is -0.457. The minimum atomic E-state index is -0.483. The van der Waals surface area contributed by atoms with E-state index in [2.05, 4.69) is 22.6 Å². The van der Waals surface area contributed by atoms with Gasteiger partial charge in [-0.2, -0.15) is 0 Å². The van der Waals surface area contributed by atoms with Gasteiger partial charge in [0, 0.05) is 18.7 Å². The van der Waals surface area contributed by atoms with Gasteiger partial charge in [0.25, 0.3) is 11.1 Å². The molecule has 0 aromatic heterocycles. The summed E-state index contributed by atoms with van der Waals surface area (Å²) in [7, 11) is 0. The molecule has 0 saturated carbocycles. The topological polar surface area (TPSA) is 76.2 Å². The van der Waals surface area contributed by atoms with Gasteiger partial charge >= 0.3 is 0 Å². The summed E-state index contributed by atoms with van der Waals surface area (Å²) in [4.78, 5) is 41.0. The van der Waals surface area contributed by atoms with Gasteiger partial charge in [0.1, 0.15) is 19.0 Å². The number of ether oxygens (including phenoxy) is 2. The quantitative estimate of drug-likeness (QED) is 0.287. The van der Waals surface area contributed by atoms with Crippen LogP contribution in [-0.2, 0) is 16.2 Å². The third kappa shape index (κ3) is 6.20. The summed E-state index contributed by atoms with van der Waals surface area (Å²) in [6.45, 7) is 3.33. The number of carbonyl (C=O) groups is 3. The number of amides is 3. The summed E-state index contributed by atoms with van der Waals surface area (Å²) in [5.41, 5.74) is 1.07. The zero-order chi connectivity index (χ0) is 25.7. The molecule has 2 fully saturated rings. The monoisotopic (exact) mass is 624 g/mol. The van der Waals surface area contributed by atoms with Crippen molar-refractivity contribution in [3.05, 3.63) is 61.8 Å². The van der Waals surface area contributed by atoms with Crippen molar-refractivity contribution in [1.82, 2.24) is 9.80 Å². The SMILES string of the molecule is CCOc1cc(/C=C2\SC(=O)N(CC(=O)N3CCCCC3)C2=O)cc(I)c1OCc1ccccc1F. The molecule has 2 aliphatic heterocycles. The maximum absolute atomic E-state index is 14.0. The van der Waals surface area contributed by atoms with E-state index in [1.807, 2.05) is 6.92 Å². The second-order valence-electron chi connectivity index (χ2n) is 8.35. The third-order valence-corrected chi connectivity index (χ3v) is 7.54. The Morgan fingerprint density at radius 3 is 2.61 bits per heavy atom. The molecule has 2 heterocycles. The Balaban J connectivity index is 1.51. The highest BCUT2D eigenvalue weighted by Crippen LogP contribution is 2.38. The lowest BCUT2D eigenvalue weighted by Crippen LogP contribution is -2.44. The molecule has 0 unspecified atom stereocenters. The number of nitrogens with zero attached hydrogens (tertiary/aromatic N) is 2. The number of piperidine rings is 1. The summed E-state index contributed by atoms with van der Waals surface area (Å²) in [6.07, 6.45) is 4.58. The molecule has 0 spiro atoms. The number of thioether (sulfide) groups is 1. The van der Waals surface area contributed by atoms with E-state index in [1.54, 1.807) is 41.3 Å². The van der Waals surface area contributed by atoms with E-state index in [4.69, 9.17) is 9.47 Å². The maximum atomic E-state index is 14.0. The van der Waals surface area contributed by atoms with E-state index >= 15 is 0 Å². The molecule has 0 bridgehead atoms. The molecule has 190 valence electrons. The highest BCUT2D eigenvalue weighted by Gasteiger charge is 2.37. The van der Waals surface area contributed by atoms with Gasteiger partial charge in [-0.1, -0.05) is 18.2 Å². The molecule has 4 rings (SSSR count). The Labute approximate surface area is 227 Å². The van der Waals surface area contributed by atoms with Gasteiger partial charge in [-0.15, -0.1) is 0 Å². The number of rotatable bonds is 8. The van der Waals surface area contributed by atoms with Gasteiger partial charge in [-0.3, -0.25) is 19.3 Å². The zero-order valence-electron chi connectivity index (χ0n) is 19.8. The molecule has 2 aromatic rings. The molecule has 0 radical (unpaired) electrons. The highest BCUT2D eigenvalue weighted by molar-refractivity contribution is 14.1. The van der Waals surface area contributed by atoms with Crippen molar-refractivity contribution < 1.29 is 28.2 Å². The van der Waals surface area contributed by atoms with Crippen LogP contribution in [0.2, 0.25) is 0 Å². The zero-order valence-corrected chi connectivity index (χ0v) is 22.8. The molecule has 3 amide bonds. The number of hydrogen-bond acceptors (Lipinski definition) is 6. The second-order valence-corrected chi connectivity index (χ2v) is 10.5. The molecule has 2 saturated heterocycles. The Kier molecular flexibility index (Phi) is 8.89. The molecule has 7 nitrogen and oxygen atoms in total. The number of benzene rings is 2. The fourth-order valence-corrected chi connectivity index (χ4v) is 5.63. The molecule has 0 N–H and O–H groups in total. The number of halogens is 2. The number of carbonyl (C=O) groups excluding carboxylic acids is 3. The molecule has 0 atom stereocenters. The molecule has 36 heavy (non-hydrogen) atoms. The van der Waals surface area contributed by atoms with E-state index in [0.717, 1.165) is 35.9 Å². The van der Waals surface area contributed by atoms with E-state index in [1.165, 1.54) is 6.07 Å². The summed E-state index contributed by atoms with van der Waals surface area (Å²) in [5.74, 6) is -0.118. The van der Waals surface area contributed by atoms with Gasteiger partial charge in [0.2, 0.25) is 5.91 Å². The fourth-order valence-electron chi connectivity index (χ4n) is 4.01. The molecular weight excluding hydrogens is 598 g/mol. The minimum absolute atomic E-state index is 0.0338. The first-order chi connectivity index (χ1) is 17.4. The Hall–Kier alpha value is -2.60. The first-order valence-electron chi connectivity index (χ1n) is 11.7. The van der Waals surface area contributed by atoms with Crippen molar-refractivity contribution in [3.8, 4) is 11.5 Å². The lowest BCUT2D eigenvalue weighted by molar-refractivity contribution is -0.136. The Morgan fingerprint density at radius 1 is 1.14 bits per heavy atom. The van der Waals surface area contributed by atoms with Crippen LogP contribution in [0, 0.1) is 9.39 Å². The normalized spacial score (nSPS) is 17.1. The van der Waals surface area contributed by atoms with Crippen LogP contribution >= 0.6 is 34.4 Å². The molecule has 2 aromatic carbocycles. The van der Waals surface area contributed by atoms with Crippen molar-refractivity contribution in [3.63, 3.8) is 0 Å². The third-order valence-electron chi connectivity index (χ3n) is 5.84. The van der Waals surface area contributed by atoms with Gasteiger partial charge in [-0.05, 0) is 90.4 Å². The van der Waals surface area contributed by atoms with Crippen LogP contribution in [0.3, 0.4) is 0 Å². The van der Waals surface area contributed by atoms with Crippen molar-refractivity contribution in [2.75, 3.05) is 26.2 Å². The van der Waals surface area contributed by atoms with Crippen LogP contribution < -0.4 is 9.47 Å². The van der Waals surface area contributed by atoms with Crippen LogP contribution in [0.4, 0.5) is 9.18 Å². The van der Waals surface area contributed by atoms with E-state index in [9.17, 15) is 18.8 Å². The highest BCUT2D eigenvalue weighted by atomic mass is 127. The van der Waals surface area contributed by atoms with Crippen LogP contribution in [0.1, 0.15) is 37.3 Å². The standard InChI is InChI=1S/C26H26FIN2O5S/c1-2-34-21-13-17(12-20(28)24(21)35-16-18-8-4-5-9-19(18)27)14-22-25(32)30(26(33)36-22)15-23(31)29-10-6-3-7-11-29/h4-5,8-9,12-14H,2-3,6-7,10-11,15-16H2,1H3/b22-14-. The lowest BCUT2D eigenvalue weighted by Gasteiger charge is -2.27. The predicted molar refractivity (Wildman–Crippen MR) is 144 cm³/mol. The largest absolute Gasteiger partial charge is 0.490 e. The maximum Gasteiger partial charge on any atom is 0.294 e.